The molecule has 2 aromatic carbocycles. The number of halogens is 1. The van der Waals surface area contributed by atoms with Crippen molar-refractivity contribution in [3.05, 3.63) is 71.3 Å². The Bertz CT molecular complexity index is 830. The van der Waals surface area contributed by atoms with E-state index < -0.39 is 0 Å². The van der Waals surface area contributed by atoms with Gasteiger partial charge in [0.25, 0.3) is 0 Å². The zero-order valence-electron chi connectivity index (χ0n) is 11.5. The SMILES string of the molecule is Cc1cc(F)ccc1CC(=O)c1ccc2nccnc2c1. The third-order valence-electron chi connectivity index (χ3n) is 3.45. The summed E-state index contributed by atoms with van der Waals surface area (Å²) < 4.78 is 13.1. The van der Waals surface area contributed by atoms with Crippen LogP contribution in [0.15, 0.2) is 48.8 Å². The number of nitrogens with zero attached hydrogens (tertiary/aromatic N) is 2. The highest BCUT2D eigenvalue weighted by atomic mass is 19.1. The van der Waals surface area contributed by atoms with E-state index in [0.717, 1.165) is 16.6 Å². The molecule has 1 heterocycles. The van der Waals surface area contributed by atoms with E-state index in [9.17, 15) is 9.18 Å². The van der Waals surface area contributed by atoms with E-state index in [1.807, 2.05) is 0 Å². The van der Waals surface area contributed by atoms with Crippen molar-refractivity contribution in [2.75, 3.05) is 0 Å². The third kappa shape index (κ3) is 2.79. The van der Waals surface area contributed by atoms with Crippen LogP contribution >= 0.6 is 0 Å². The van der Waals surface area contributed by atoms with E-state index in [0.29, 0.717) is 11.1 Å². The second kappa shape index (κ2) is 5.40. The van der Waals surface area contributed by atoms with E-state index in [2.05, 4.69) is 9.97 Å². The molecule has 4 heteroatoms. The fourth-order valence-electron chi connectivity index (χ4n) is 2.27. The van der Waals surface area contributed by atoms with Crippen molar-refractivity contribution >= 4 is 16.8 Å². The molecule has 0 radical (unpaired) electrons. The minimum absolute atomic E-state index is 0.0164. The molecule has 0 saturated carbocycles. The average Bonchev–Trinajstić information content (AvgIpc) is 2.49. The lowest BCUT2D eigenvalue weighted by Gasteiger charge is -2.06. The summed E-state index contributed by atoms with van der Waals surface area (Å²) in [4.78, 5) is 20.7. The first-order valence-electron chi connectivity index (χ1n) is 6.62. The van der Waals surface area contributed by atoms with Crippen molar-refractivity contribution in [2.45, 2.75) is 13.3 Å². The van der Waals surface area contributed by atoms with Gasteiger partial charge in [-0.1, -0.05) is 6.07 Å². The molecule has 0 aliphatic rings. The molecule has 1 aromatic heterocycles. The number of fused-ring (bicyclic) bond motifs is 1. The van der Waals surface area contributed by atoms with Gasteiger partial charge in [0.15, 0.2) is 5.78 Å². The molecule has 0 amide bonds. The average molecular weight is 280 g/mol. The summed E-state index contributed by atoms with van der Waals surface area (Å²) in [7, 11) is 0. The molecule has 0 spiro atoms. The number of rotatable bonds is 3. The van der Waals surface area contributed by atoms with Gasteiger partial charge >= 0.3 is 0 Å². The van der Waals surface area contributed by atoms with Crippen molar-refractivity contribution in [3.63, 3.8) is 0 Å². The first-order chi connectivity index (χ1) is 10.1. The molecule has 3 rings (SSSR count). The Labute approximate surface area is 121 Å². The molecule has 3 aromatic rings. The first kappa shape index (κ1) is 13.4. The molecule has 0 saturated heterocycles. The fourth-order valence-corrected chi connectivity index (χ4v) is 2.27. The highest BCUT2D eigenvalue weighted by Crippen LogP contribution is 2.16. The van der Waals surface area contributed by atoms with Crippen LogP contribution in [0.2, 0.25) is 0 Å². The van der Waals surface area contributed by atoms with Crippen molar-refractivity contribution in [2.24, 2.45) is 0 Å². The van der Waals surface area contributed by atoms with Gasteiger partial charge in [-0.25, -0.2) is 4.39 Å². The van der Waals surface area contributed by atoms with E-state index >= 15 is 0 Å². The Morgan fingerprint density at radius 2 is 1.81 bits per heavy atom. The van der Waals surface area contributed by atoms with Crippen LogP contribution in [0.4, 0.5) is 4.39 Å². The zero-order valence-corrected chi connectivity index (χ0v) is 11.5. The van der Waals surface area contributed by atoms with E-state index in [4.69, 9.17) is 0 Å². The summed E-state index contributed by atoms with van der Waals surface area (Å²) in [6.45, 7) is 1.80. The van der Waals surface area contributed by atoms with E-state index in [1.54, 1.807) is 43.6 Å². The Morgan fingerprint density at radius 1 is 1.05 bits per heavy atom. The molecular formula is C17H13FN2O. The minimum Gasteiger partial charge on any atom is -0.294 e. The second-order valence-corrected chi connectivity index (χ2v) is 4.93. The number of ketones is 1. The molecule has 0 aliphatic carbocycles. The largest absolute Gasteiger partial charge is 0.294 e. The maximum absolute atomic E-state index is 13.1. The van der Waals surface area contributed by atoms with Gasteiger partial charge in [0.05, 0.1) is 11.0 Å². The topological polar surface area (TPSA) is 42.9 Å². The summed E-state index contributed by atoms with van der Waals surface area (Å²) >= 11 is 0. The van der Waals surface area contributed by atoms with Gasteiger partial charge in [-0.15, -0.1) is 0 Å². The maximum Gasteiger partial charge on any atom is 0.167 e. The lowest BCUT2D eigenvalue weighted by atomic mass is 9.99. The number of hydrogen-bond acceptors (Lipinski definition) is 3. The van der Waals surface area contributed by atoms with Gasteiger partial charge in [-0.2, -0.15) is 0 Å². The lowest BCUT2D eigenvalue weighted by molar-refractivity contribution is 0.0993. The summed E-state index contributed by atoms with van der Waals surface area (Å²) in [5.74, 6) is -0.304. The maximum atomic E-state index is 13.1. The smallest absolute Gasteiger partial charge is 0.167 e. The van der Waals surface area contributed by atoms with Crippen LogP contribution in [-0.2, 0) is 6.42 Å². The molecule has 0 N–H and O–H groups in total. The Morgan fingerprint density at radius 3 is 2.57 bits per heavy atom. The fraction of sp³-hybridized carbons (Fsp3) is 0.118. The van der Waals surface area contributed by atoms with Gasteiger partial charge in [0.2, 0.25) is 0 Å². The Balaban J connectivity index is 1.89. The first-order valence-corrected chi connectivity index (χ1v) is 6.62. The zero-order chi connectivity index (χ0) is 14.8. The van der Waals surface area contributed by atoms with E-state index in [1.165, 1.54) is 12.1 Å². The van der Waals surface area contributed by atoms with Crippen LogP contribution in [0.1, 0.15) is 21.5 Å². The molecule has 21 heavy (non-hydrogen) atoms. The summed E-state index contributed by atoms with van der Waals surface area (Å²) in [6.07, 6.45) is 3.46. The molecule has 0 aliphatic heterocycles. The number of benzene rings is 2. The molecule has 3 nitrogen and oxygen atoms in total. The molecular weight excluding hydrogens is 267 g/mol. The van der Waals surface area contributed by atoms with Crippen LogP contribution in [0.3, 0.4) is 0 Å². The number of carbonyl (C=O) groups is 1. The predicted octanol–water partition coefficient (Wildman–Crippen LogP) is 3.50. The summed E-state index contributed by atoms with van der Waals surface area (Å²) in [6, 6.07) is 9.74. The van der Waals surface area contributed by atoms with Gasteiger partial charge in [0, 0.05) is 24.4 Å². The van der Waals surface area contributed by atoms with Crippen LogP contribution in [0.25, 0.3) is 11.0 Å². The molecule has 0 atom stereocenters. The highest BCUT2D eigenvalue weighted by Gasteiger charge is 2.10. The van der Waals surface area contributed by atoms with Crippen molar-refractivity contribution in [3.8, 4) is 0 Å². The minimum atomic E-state index is -0.287. The third-order valence-corrected chi connectivity index (χ3v) is 3.45. The van der Waals surface area contributed by atoms with Crippen LogP contribution in [-0.4, -0.2) is 15.8 Å². The molecule has 0 bridgehead atoms. The summed E-state index contributed by atoms with van der Waals surface area (Å²) in [5.41, 5.74) is 3.66. The number of Topliss-reactive ketones (excluding diaryl/α,β-unsaturated/α-hetero) is 1. The monoisotopic (exact) mass is 280 g/mol. The Hall–Kier alpha value is -2.62. The number of hydrogen-bond donors (Lipinski definition) is 0. The summed E-state index contributed by atoms with van der Waals surface area (Å²) in [5, 5.41) is 0. The second-order valence-electron chi connectivity index (χ2n) is 4.93. The van der Waals surface area contributed by atoms with Crippen molar-refractivity contribution < 1.29 is 9.18 Å². The predicted molar refractivity (Wildman–Crippen MR) is 78.7 cm³/mol. The number of aromatic nitrogens is 2. The number of aryl methyl sites for hydroxylation is 1. The Kier molecular flexibility index (Phi) is 3.44. The van der Waals surface area contributed by atoms with Crippen molar-refractivity contribution in [1.29, 1.82) is 0 Å². The van der Waals surface area contributed by atoms with Gasteiger partial charge in [-0.05, 0) is 48.4 Å². The van der Waals surface area contributed by atoms with Crippen LogP contribution in [0, 0.1) is 12.7 Å². The van der Waals surface area contributed by atoms with Gasteiger partial charge in [0.1, 0.15) is 5.82 Å². The molecule has 104 valence electrons. The highest BCUT2D eigenvalue weighted by molar-refractivity contribution is 6.00. The van der Waals surface area contributed by atoms with Gasteiger partial charge in [-0.3, -0.25) is 14.8 Å². The van der Waals surface area contributed by atoms with Crippen LogP contribution in [0.5, 0.6) is 0 Å². The van der Waals surface area contributed by atoms with Crippen LogP contribution < -0.4 is 0 Å². The standard InChI is InChI=1S/C17H13FN2O/c1-11-8-14(18)4-2-12(11)10-17(21)13-3-5-15-16(9-13)20-7-6-19-15/h2-9H,10H2,1H3. The van der Waals surface area contributed by atoms with E-state index in [-0.39, 0.29) is 18.0 Å². The van der Waals surface area contributed by atoms with Gasteiger partial charge < -0.3 is 0 Å². The molecule has 0 fully saturated rings. The van der Waals surface area contributed by atoms with Crippen molar-refractivity contribution in [1.82, 2.24) is 9.97 Å². The quantitative estimate of drug-likeness (QED) is 0.690. The molecule has 0 unspecified atom stereocenters. The number of carbonyl (C=O) groups excluding carboxylic acids is 1. The lowest BCUT2D eigenvalue weighted by Crippen LogP contribution is -2.05. The normalized spacial score (nSPS) is 10.8.